The Bertz CT molecular complexity index is 410. The minimum Gasteiger partial charge on any atom is -0.330 e. The summed E-state index contributed by atoms with van der Waals surface area (Å²) in [5, 5.41) is 0. The summed E-state index contributed by atoms with van der Waals surface area (Å²) in [6.45, 7) is 5.30. The molecule has 2 atom stereocenters. The van der Waals surface area contributed by atoms with Crippen molar-refractivity contribution in [1.82, 2.24) is 14.5 Å². The summed E-state index contributed by atoms with van der Waals surface area (Å²) < 4.78 is 2.37. The third-order valence-corrected chi connectivity index (χ3v) is 4.85. The molecular formula is C15H26N4. The van der Waals surface area contributed by atoms with Crippen molar-refractivity contribution in [2.75, 3.05) is 13.1 Å². The Balaban J connectivity index is 1.66. The van der Waals surface area contributed by atoms with Crippen LogP contribution in [-0.4, -0.2) is 33.6 Å². The van der Waals surface area contributed by atoms with E-state index in [-0.39, 0.29) is 0 Å². The maximum Gasteiger partial charge on any atom is 0.0951 e. The molecule has 1 aliphatic carbocycles. The van der Waals surface area contributed by atoms with Gasteiger partial charge in [-0.3, -0.25) is 4.90 Å². The van der Waals surface area contributed by atoms with Crippen LogP contribution < -0.4 is 5.73 Å². The lowest BCUT2D eigenvalue weighted by atomic mass is 9.89. The number of aromatic nitrogens is 2. The molecule has 0 aromatic carbocycles. The average molecular weight is 262 g/mol. The SMILES string of the molecule is CCC1CCN(Cc2cncn2C2CC2)C(CN)C1. The minimum atomic E-state index is 0.557. The van der Waals surface area contributed by atoms with Gasteiger partial charge in [-0.15, -0.1) is 0 Å². The molecule has 3 rings (SSSR count). The number of nitrogens with two attached hydrogens (primary N) is 1. The van der Waals surface area contributed by atoms with Gasteiger partial charge in [0.25, 0.3) is 0 Å². The van der Waals surface area contributed by atoms with Crippen LogP contribution in [0.3, 0.4) is 0 Å². The van der Waals surface area contributed by atoms with Crippen LogP contribution in [0.4, 0.5) is 0 Å². The first-order valence-electron chi connectivity index (χ1n) is 7.76. The van der Waals surface area contributed by atoms with Crippen molar-refractivity contribution in [1.29, 1.82) is 0 Å². The molecule has 2 unspecified atom stereocenters. The Morgan fingerprint density at radius 1 is 1.37 bits per heavy atom. The van der Waals surface area contributed by atoms with E-state index in [1.807, 2.05) is 12.5 Å². The number of likely N-dealkylation sites (tertiary alicyclic amines) is 1. The first-order valence-corrected chi connectivity index (χ1v) is 7.76. The van der Waals surface area contributed by atoms with E-state index in [2.05, 4.69) is 21.4 Å². The van der Waals surface area contributed by atoms with E-state index in [9.17, 15) is 0 Å². The van der Waals surface area contributed by atoms with Crippen LogP contribution in [0.2, 0.25) is 0 Å². The molecule has 1 aromatic heterocycles. The number of hydrogen-bond donors (Lipinski definition) is 1. The van der Waals surface area contributed by atoms with Crippen molar-refractivity contribution in [3.05, 3.63) is 18.2 Å². The van der Waals surface area contributed by atoms with Gasteiger partial charge in [-0.05, 0) is 38.1 Å². The average Bonchev–Trinajstić information content (AvgIpc) is 3.19. The largest absolute Gasteiger partial charge is 0.330 e. The smallest absolute Gasteiger partial charge is 0.0951 e. The lowest BCUT2D eigenvalue weighted by molar-refractivity contribution is 0.105. The summed E-state index contributed by atoms with van der Waals surface area (Å²) in [6, 6.07) is 1.28. The number of piperidine rings is 1. The molecule has 0 radical (unpaired) electrons. The maximum atomic E-state index is 5.99. The van der Waals surface area contributed by atoms with E-state index in [1.165, 1.54) is 44.3 Å². The van der Waals surface area contributed by atoms with Crippen molar-refractivity contribution in [2.45, 2.75) is 57.7 Å². The number of rotatable bonds is 5. The summed E-state index contributed by atoms with van der Waals surface area (Å²) in [6.07, 6.45) is 10.6. The Morgan fingerprint density at radius 2 is 2.21 bits per heavy atom. The Kier molecular flexibility index (Phi) is 3.89. The van der Waals surface area contributed by atoms with E-state index >= 15 is 0 Å². The van der Waals surface area contributed by atoms with Crippen LogP contribution in [-0.2, 0) is 6.54 Å². The standard InChI is InChI=1S/C15H26N4/c1-2-12-5-6-18(14(7-12)8-16)10-15-9-17-11-19(15)13-3-4-13/h9,11-14H,2-8,10,16H2,1H3. The van der Waals surface area contributed by atoms with Gasteiger partial charge in [0.05, 0.1) is 12.0 Å². The van der Waals surface area contributed by atoms with Crippen molar-refractivity contribution in [2.24, 2.45) is 11.7 Å². The molecule has 2 fully saturated rings. The van der Waals surface area contributed by atoms with Crippen molar-refractivity contribution < 1.29 is 0 Å². The van der Waals surface area contributed by atoms with E-state index in [4.69, 9.17) is 5.73 Å². The van der Waals surface area contributed by atoms with E-state index in [0.717, 1.165) is 25.0 Å². The fourth-order valence-electron chi connectivity index (χ4n) is 3.35. The minimum absolute atomic E-state index is 0.557. The predicted molar refractivity (Wildman–Crippen MR) is 76.8 cm³/mol. The number of hydrogen-bond acceptors (Lipinski definition) is 3. The van der Waals surface area contributed by atoms with Gasteiger partial charge >= 0.3 is 0 Å². The van der Waals surface area contributed by atoms with Gasteiger partial charge in [0.2, 0.25) is 0 Å². The Hall–Kier alpha value is -0.870. The fraction of sp³-hybridized carbons (Fsp3) is 0.800. The highest BCUT2D eigenvalue weighted by molar-refractivity contribution is 5.04. The molecule has 106 valence electrons. The van der Waals surface area contributed by atoms with Crippen LogP contribution in [0.25, 0.3) is 0 Å². The third-order valence-electron chi connectivity index (χ3n) is 4.85. The molecule has 1 saturated carbocycles. The van der Waals surface area contributed by atoms with E-state index in [1.54, 1.807) is 0 Å². The predicted octanol–water partition coefficient (Wildman–Crippen LogP) is 2.17. The topological polar surface area (TPSA) is 47.1 Å². The molecule has 0 amide bonds. The number of nitrogens with zero attached hydrogens (tertiary/aromatic N) is 3. The molecule has 2 aliphatic rings. The summed E-state index contributed by atoms with van der Waals surface area (Å²) in [4.78, 5) is 6.91. The summed E-state index contributed by atoms with van der Waals surface area (Å²) in [5.74, 6) is 0.873. The van der Waals surface area contributed by atoms with Gasteiger partial charge in [-0.25, -0.2) is 4.98 Å². The summed E-state index contributed by atoms with van der Waals surface area (Å²) in [7, 11) is 0. The molecule has 2 N–H and O–H groups in total. The Morgan fingerprint density at radius 3 is 2.89 bits per heavy atom. The zero-order valence-corrected chi connectivity index (χ0v) is 12.0. The number of imidazole rings is 1. The summed E-state index contributed by atoms with van der Waals surface area (Å²) in [5.41, 5.74) is 7.36. The maximum absolute atomic E-state index is 5.99. The fourth-order valence-corrected chi connectivity index (χ4v) is 3.35. The van der Waals surface area contributed by atoms with E-state index in [0.29, 0.717) is 6.04 Å². The zero-order valence-electron chi connectivity index (χ0n) is 12.0. The van der Waals surface area contributed by atoms with Gasteiger partial charge in [0.15, 0.2) is 0 Å². The van der Waals surface area contributed by atoms with Gasteiger partial charge in [-0.1, -0.05) is 13.3 Å². The molecule has 0 bridgehead atoms. The van der Waals surface area contributed by atoms with Crippen LogP contribution in [0.5, 0.6) is 0 Å². The lowest BCUT2D eigenvalue weighted by Gasteiger charge is -2.38. The Labute approximate surface area is 116 Å². The molecule has 2 heterocycles. The second-order valence-corrected chi connectivity index (χ2v) is 6.18. The quantitative estimate of drug-likeness (QED) is 0.884. The van der Waals surface area contributed by atoms with Crippen molar-refractivity contribution in [3.63, 3.8) is 0 Å². The third kappa shape index (κ3) is 2.84. The second-order valence-electron chi connectivity index (χ2n) is 6.18. The molecule has 0 spiro atoms. The monoisotopic (exact) mass is 262 g/mol. The second kappa shape index (κ2) is 5.63. The van der Waals surface area contributed by atoms with Crippen LogP contribution in [0, 0.1) is 5.92 Å². The van der Waals surface area contributed by atoms with Gasteiger partial charge in [0.1, 0.15) is 0 Å². The van der Waals surface area contributed by atoms with Crippen LogP contribution in [0.15, 0.2) is 12.5 Å². The highest BCUT2D eigenvalue weighted by Gasteiger charge is 2.29. The van der Waals surface area contributed by atoms with Gasteiger partial charge in [-0.2, -0.15) is 0 Å². The molecule has 4 heteroatoms. The van der Waals surface area contributed by atoms with Gasteiger partial charge in [0, 0.05) is 31.4 Å². The molecule has 4 nitrogen and oxygen atoms in total. The normalized spacial score (nSPS) is 28.7. The zero-order chi connectivity index (χ0) is 13.2. The first kappa shape index (κ1) is 13.1. The molecule has 1 aromatic rings. The van der Waals surface area contributed by atoms with Crippen molar-refractivity contribution >= 4 is 0 Å². The lowest BCUT2D eigenvalue weighted by Crippen LogP contribution is -2.46. The van der Waals surface area contributed by atoms with E-state index < -0.39 is 0 Å². The first-order chi connectivity index (χ1) is 9.31. The van der Waals surface area contributed by atoms with Crippen molar-refractivity contribution in [3.8, 4) is 0 Å². The highest BCUT2D eigenvalue weighted by atomic mass is 15.2. The molecule has 1 saturated heterocycles. The molecular weight excluding hydrogens is 236 g/mol. The molecule has 1 aliphatic heterocycles. The van der Waals surface area contributed by atoms with Crippen LogP contribution in [0.1, 0.15) is 50.8 Å². The van der Waals surface area contributed by atoms with Gasteiger partial charge < -0.3 is 10.3 Å². The highest BCUT2D eigenvalue weighted by Crippen LogP contribution is 2.36. The van der Waals surface area contributed by atoms with Crippen LogP contribution >= 0.6 is 0 Å². The molecule has 19 heavy (non-hydrogen) atoms. The summed E-state index contributed by atoms with van der Waals surface area (Å²) >= 11 is 0.